The zero-order valence-electron chi connectivity index (χ0n) is 9.20. The van der Waals surface area contributed by atoms with Gasteiger partial charge in [-0.15, -0.1) is 0 Å². The smallest absolute Gasteiger partial charge is 0.259 e. The summed E-state index contributed by atoms with van der Waals surface area (Å²) in [5.41, 5.74) is 1.26. The molecule has 0 atom stereocenters. The van der Waals surface area contributed by atoms with E-state index < -0.39 is 0 Å². The van der Waals surface area contributed by atoms with Gasteiger partial charge >= 0.3 is 0 Å². The highest BCUT2D eigenvalue weighted by Crippen LogP contribution is 2.16. The van der Waals surface area contributed by atoms with E-state index in [4.69, 9.17) is 4.52 Å². The molecule has 0 unspecified atom stereocenters. The van der Waals surface area contributed by atoms with Gasteiger partial charge in [0.25, 0.3) is 5.91 Å². The van der Waals surface area contributed by atoms with E-state index in [2.05, 4.69) is 10.5 Å². The molecule has 5 heteroatoms. The first-order valence-electron chi connectivity index (χ1n) is 5.02. The first-order chi connectivity index (χ1) is 7.11. The van der Waals surface area contributed by atoms with Crippen LogP contribution in [0.15, 0.2) is 4.52 Å². The maximum absolute atomic E-state index is 12.1. The molecule has 0 radical (unpaired) electrons. The number of carbonyl (C=O) groups is 1. The molecule has 2 heterocycles. The van der Waals surface area contributed by atoms with Crippen LogP contribution in [0.2, 0.25) is 0 Å². The minimum atomic E-state index is -0.00208. The molecule has 0 bridgehead atoms. The summed E-state index contributed by atoms with van der Waals surface area (Å²) >= 11 is 0. The van der Waals surface area contributed by atoms with Crippen LogP contribution in [0.1, 0.15) is 21.8 Å². The molecular formula is C10H15N3O2. The Balaban J connectivity index is 2.19. The van der Waals surface area contributed by atoms with Crippen molar-refractivity contribution in [3.8, 4) is 0 Å². The number of aryl methyl sites for hydroxylation is 2. The minimum absolute atomic E-state index is 0.00208. The molecule has 2 rings (SSSR count). The lowest BCUT2D eigenvalue weighted by molar-refractivity contribution is 0.0679. The first-order valence-corrected chi connectivity index (χ1v) is 5.02. The molecule has 1 saturated heterocycles. The largest absolute Gasteiger partial charge is 0.361 e. The van der Waals surface area contributed by atoms with Crippen molar-refractivity contribution in [2.45, 2.75) is 19.9 Å². The molecule has 1 aromatic rings. The number of amides is 1. The molecule has 1 amide bonds. The number of nitrogens with zero attached hydrogens (tertiary/aromatic N) is 2. The predicted molar refractivity (Wildman–Crippen MR) is 54.7 cm³/mol. The van der Waals surface area contributed by atoms with Gasteiger partial charge in [0.05, 0.1) is 11.7 Å². The van der Waals surface area contributed by atoms with Gasteiger partial charge in [-0.3, -0.25) is 4.79 Å². The molecule has 5 nitrogen and oxygen atoms in total. The second kappa shape index (κ2) is 3.66. The molecule has 1 fully saturated rings. The van der Waals surface area contributed by atoms with Crippen molar-refractivity contribution in [1.82, 2.24) is 15.4 Å². The summed E-state index contributed by atoms with van der Waals surface area (Å²) < 4.78 is 4.98. The summed E-state index contributed by atoms with van der Waals surface area (Å²) in [5, 5.41) is 6.92. The summed E-state index contributed by atoms with van der Waals surface area (Å²) in [4.78, 5) is 13.8. The number of hydrogen-bond acceptors (Lipinski definition) is 4. The van der Waals surface area contributed by atoms with Gasteiger partial charge in [0.1, 0.15) is 11.3 Å². The van der Waals surface area contributed by atoms with E-state index in [1.807, 2.05) is 7.05 Å². The molecule has 15 heavy (non-hydrogen) atoms. The Bertz CT molecular complexity index is 363. The van der Waals surface area contributed by atoms with Crippen LogP contribution < -0.4 is 5.32 Å². The number of hydrogen-bond donors (Lipinski definition) is 1. The Kier molecular flexibility index (Phi) is 2.48. The minimum Gasteiger partial charge on any atom is -0.361 e. The third kappa shape index (κ3) is 1.63. The van der Waals surface area contributed by atoms with Crippen molar-refractivity contribution in [1.29, 1.82) is 0 Å². The lowest BCUT2D eigenvalue weighted by Gasteiger charge is -2.35. The van der Waals surface area contributed by atoms with Crippen LogP contribution in [0.5, 0.6) is 0 Å². The van der Waals surface area contributed by atoms with E-state index >= 15 is 0 Å². The quantitative estimate of drug-likeness (QED) is 0.762. The molecule has 1 aliphatic rings. The number of aromatic nitrogens is 1. The van der Waals surface area contributed by atoms with Gasteiger partial charge in [0.15, 0.2) is 0 Å². The second-order valence-electron chi connectivity index (χ2n) is 3.93. The van der Waals surface area contributed by atoms with Crippen LogP contribution in [-0.2, 0) is 0 Å². The van der Waals surface area contributed by atoms with Crippen molar-refractivity contribution >= 4 is 5.91 Å². The fraction of sp³-hybridized carbons (Fsp3) is 0.600. The average molecular weight is 209 g/mol. The van der Waals surface area contributed by atoms with Crippen LogP contribution in [-0.4, -0.2) is 42.1 Å². The van der Waals surface area contributed by atoms with E-state index in [-0.39, 0.29) is 5.91 Å². The van der Waals surface area contributed by atoms with Crippen molar-refractivity contribution in [2.75, 3.05) is 20.1 Å². The number of carbonyl (C=O) groups excluding carboxylic acids is 1. The maximum Gasteiger partial charge on any atom is 0.259 e. The third-order valence-electron chi connectivity index (χ3n) is 2.88. The van der Waals surface area contributed by atoms with E-state index in [9.17, 15) is 4.79 Å². The van der Waals surface area contributed by atoms with Crippen molar-refractivity contribution < 1.29 is 9.32 Å². The normalized spacial score (nSPS) is 16.2. The standard InChI is InChI=1S/C10H15N3O2/c1-6-9(7(2)15-12-6)10(14)13(3)8-4-11-5-8/h8,11H,4-5H2,1-3H3. The van der Waals surface area contributed by atoms with E-state index in [1.54, 1.807) is 18.7 Å². The van der Waals surface area contributed by atoms with E-state index in [0.717, 1.165) is 13.1 Å². The van der Waals surface area contributed by atoms with Crippen molar-refractivity contribution in [2.24, 2.45) is 0 Å². The zero-order valence-corrected chi connectivity index (χ0v) is 9.20. The number of nitrogens with one attached hydrogen (secondary N) is 1. The van der Waals surface area contributed by atoms with Gasteiger partial charge in [0, 0.05) is 20.1 Å². The van der Waals surface area contributed by atoms with Gasteiger partial charge in [0.2, 0.25) is 0 Å². The lowest BCUT2D eigenvalue weighted by Crippen LogP contribution is -2.57. The lowest BCUT2D eigenvalue weighted by atomic mass is 10.1. The third-order valence-corrected chi connectivity index (χ3v) is 2.88. The van der Waals surface area contributed by atoms with Gasteiger partial charge < -0.3 is 14.7 Å². The average Bonchev–Trinajstić information content (AvgIpc) is 2.42. The summed E-state index contributed by atoms with van der Waals surface area (Å²) in [5.74, 6) is 0.592. The number of rotatable bonds is 2. The number of likely N-dealkylation sites (N-methyl/N-ethyl adjacent to an activating group) is 1. The van der Waals surface area contributed by atoms with E-state index in [0.29, 0.717) is 23.1 Å². The van der Waals surface area contributed by atoms with Crippen molar-refractivity contribution in [3.05, 3.63) is 17.0 Å². The Hall–Kier alpha value is -1.36. The van der Waals surface area contributed by atoms with Gasteiger partial charge in [-0.25, -0.2) is 0 Å². The SMILES string of the molecule is Cc1noc(C)c1C(=O)N(C)C1CNC1. The monoisotopic (exact) mass is 209 g/mol. The second-order valence-corrected chi connectivity index (χ2v) is 3.93. The van der Waals surface area contributed by atoms with Crippen LogP contribution in [0.3, 0.4) is 0 Å². The Morgan fingerprint density at radius 3 is 2.60 bits per heavy atom. The van der Waals surface area contributed by atoms with Crippen LogP contribution in [0.4, 0.5) is 0 Å². The zero-order chi connectivity index (χ0) is 11.0. The van der Waals surface area contributed by atoms with Gasteiger partial charge in [-0.1, -0.05) is 5.16 Å². The highest BCUT2D eigenvalue weighted by molar-refractivity contribution is 5.96. The fourth-order valence-corrected chi connectivity index (χ4v) is 1.68. The molecule has 0 aromatic carbocycles. The molecule has 82 valence electrons. The summed E-state index contributed by atoms with van der Waals surface area (Å²) in [6.45, 7) is 5.29. The van der Waals surface area contributed by atoms with E-state index in [1.165, 1.54) is 0 Å². The topological polar surface area (TPSA) is 58.4 Å². The highest BCUT2D eigenvalue weighted by Gasteiger charge is 2.29. The summed E-state index contributed by atoms with van der Waals surface area (Å²) in [6.07, 6.45) is 0. The van der Waals surface area contributed by atoms with Gasteiger partial charge in [-0.05, 0) is 13.8 Å². The Morgan fingerprint density at radius 1 is 1.53 bits per heavy atom. The molecule has 0 spiro atoms. The van der Waals surface area contributed by atoms with Crippen LogP contribution in [0.25, 0.3) is 0 Å². The van der Waals surface area contributed by atoms with Crippen molar-refractivity contribution in [3.63, 3.8) is 0 Å². The first kappa shape index (κ1) is 10.2. The fourth-order valence-electron chi connectivity index (χ4n) is 1.68. The molecule has 1 N–H and O–H groups in total. The van der Waals surface area contributed by atoms with Gasteiger partial charge in [-0.2, -0.15) is 0 Å². The Morgan fingerprint density at radius 2 is 2.20 bits per heavy atom. The molecule has 1 aromatic heterocycles. The molecule has 0 aliphatic carbocycles. The molecule has 0 saturated carbocycles. The predicted octanol–water partition coefficient (Wildman–Crippen LogP) is 0.335. The molecule has 1 aliphatic heterocycles. The highest BCUT2D eigenvalue weighted by atomic mass is 16.5. The molecular weight excluding hydrogens is 194 g/mol. The van der Waals surface area contributed by atoms with Crippen LogP contribution >= 0.6 is 0 Å². The summed E-state index contributed by atoms with van der Waals surface area (Å²) in [6, 6.07) is 0.297. The van der Waals surface area contributed by atoms with Crippen LogP contribution in [0, 0.1) is 13.8 Å². The Labute approximate surface area is 88.4 Å². The maximum atomic E-state index is 12.1. The summed E-state index contributed by atoms with van der Waals surface area (Å²) in [7, 11) is 1.82.